The molecule has 4 nitrogen and oxygen atoms in total. The van der Waals surface area contributed by atoms with Gasteiger partial charge < -0.3 is 10.2 Å². The van der Waals surface area contributed by atoms with E-state index in [9.17, 15) is 4.79 Å². The largest absolute Gasteiger partial charge is 0.449 e. The number of ether oxygens (including phenoxy) is 1. The first-order valence-corrected chi connectivity index (χ1v) is 7.98. The van der Waals surface area contributed by atoms with Crippen molar-refractivity contribution in [3.05, 3.63) is 89.7 Å². The summed E-state index contributed by atoms with van der Waals surface area (Å²) >= 11 is 0. The molecule has 25 heavy (non-hydrogen) atoms. The van der Waals surface area contributed by atoms with Crippen molar-refractivity contribution in [1.82, 2.24) is 4.98 Å². The van der Waals surface area contributed by atoms with Crippen LogP contribution in [0.1, 0.15) is 23.6 Å². The number of nitrogens with zero attached hydrogens (tertiary/aromatic N) is 1. The molecule has 1 aromatic heterocycles. The van der Waals surface area contributed by atoms with E-state index in [2.05, 4.69) is 29.2 Å². The average molecular weight is 333 g/mol. The lowest BCUT2D eigenvalue weighted by atomic mass is 9.85. The van der Waals surface area contributed by atoms with Crippen LogP contribution in [0.4, 0.5) is 0 Å². The quantitative estimate of drug-likeness (QED) is 0.691. The molecule has 1 heterocycles. The van der Waals surface area contributed by atoms with Gasteiger partial charge in [-0.3, -0.25) is 9.78 Å². The van der Waals surface area contributed by atoms with Crippen LogP contribution < -0.4 is 0 Å². The van der Waals surface area contributed by atoms with E-state index in [1.165, 1.54) is 6.92 Å². The minimum Gasteiger partial charge on any atom is -0.449 e. The van der Waals surface area contributed by atoms with Crippen LogP contribution in [0.3, 0.4) is 0 Å². The molecule has 0 saturated carbocycles. The molecule has 0 spiro atoms. The molecule has 1 aliphatic rings. The van der Waals surface area contributed by atoms with Crippen molar-refractivity contribution < 1.29 is 15.0 Å². The summed E-state index contributed by atoms with van der Waals surface area (Å²) in [5.74, 6) is -0.282. The monoisotopic (exact) mass is 333 g/mol. The van der Waals surface area contributed by atoms with Crippen LogP contribution in [-0.2, 0) is 21.6 Å². The second kappa shape index (κ2) is 6.49. The molecule has 0 saturated heterocycles. The summed E-state index contributed by atoms with van der Waals surface area (Å²) in [5, 5.41) is 0. The summed E-state index contributed by atoms with van der Waals surface area (Å²) in [7, 11) is 0. The molecule has 2 N–H and O–H groups in total. The van der Waals surface area contributed by atoms with Gasteiger partial charge in [0.15, 0.2) is 5.60 Å². The highest BCUT2D eigenvalue weighted by atomic mass is 16.6. The Kier molecular flexibility index (Phi) is 4.38. The van der Waals surface area contributed by atoms with E-state index in [4.69, 9.17) is 4.74 Å². The van der Waals surface area contributed by atoms with Gasteiger partial charge >= 0.3 is 5.97 Å². The Bertz CT molecular complexity index is 860. The number of benzene rings is 2. The molecule has 4 rings (SSSR count). The smallest absolute Gasteiger partial charge is 0.303 e. The second-order valence-corrected chi connectivity index (χ2v) is 6.04. The lowest BCUT2D eigenvalue weighted by Gasteiger charge is -2.31. The van der Waals surface area contributed by atoms with Gasteiger partial charge in [-0.25, -0.2) is 0 Å². The van der Waals surface area contributed by atoms with Crippen LogP contribution in [0.25, 0.3) is 11.1 Å². The highest BCUT2D eigenvalue weighted by Gasteiger charge is 2.46. The molecule has 4 heteroatoms. The van der Waals surface area contributed by atoms with Crippen molar-refractivity contribution in [2.45, 2.75) is 18.9 Å². The first-order chi connectivity index (χ1) is 11.7. The fraction of sp³-hybridized carbons (Fsp3) is 0.143. The molecule has 0 radical (unpaired) electrons. The minimum atomic E-state index is -0.791. The SMILES string of the molecule is CC(=O)OC1(Cc2ccncc2)c2ccccc2-c2ccccc21.O. The number of pyridine rings is 1. The molecule has 0 bridgehead atoms. The molecule has 0 atom stereocenters. The first kappa shape index (κ1) is 16.9. The summed E-state index contributed by atoms with van der Waals surface area (Å²) in [5.41, 5.74) is 4.63. The van der Waals surface area contributed by atoms with E-state index in [1.807, 2.05) is 36.4 Å². The third-order valence-corrected chi connectivity index (χ3v) is 4.53. The van der Waals surface area contributed by atoms with Gasteiger partial charge in [0, 0.05) is 36.9 Å². The average Bonchev–Trinajstić information content (AvgIpc) is 2.86. The van der Waals surface area contributed by atoms with Crippen molar-refractivity contribution in [1.29, 1.82) is 0 Å². The molecule has 3 aromatic rings. The van der Waals surface area contributed by atoms with E-state index >= 15 is 0 Å². The van der Waals surface area contributed by atoms with Gasteiger partial charge in [-0.15, -0.1) is 0 Å². The molecule has 0 unspecified atom stereocenters. The second-order valence-electron chi connectivity index (χ2n) is 6.04. The predicted octanol–water partition coefficient (Wildman–Crippen LogP) is 3.29. The number of hydrogen-bond acceptors (Lipinski definition) is 3. The Labute approximate surface area is 146 Å². The lowest BCUT2D eigenvalue weighted by molar-refractivity contribution is -0.153. The lowest BCUT2D eigenvalue weighted by Crippen LogP contribution is -2.33. The van der Waals surface area contributed by atoms with Gasteiger partial charge in [-0.1, -0.05) is 48.5 Å². The van der Waals surface area contributed by atoms with Gasteiger partial charge in [0.2, 0.25) is 0 Å². The topological polar surface area (TPSA) is 70.7 Å². The van der Waals surface area contributed by atoms with Gasteiger partial charge in [0.05, 0.1) is 0 Å². The number of fused-ring (bicyclic) bond motifs is 3. The predicted molar refractivity (Wildman–Crippen MR) is 96.0 cm³/mol. The van der Waals surface area contributed by atoms with E-state index in [0.717, 1.165) is 27.8 Å². The van der Waals surface area contributed by atoms with E-state index in [-0.39, 0.29) is 11.4 Å². The Morgan fingerprint density at radius 2 is 1.44 bits per heavy atom. The van der Waals surface area contributed by atoms with Gasteiger partial charge in [0.25, 0.3) is 0 Å². The Hall–Kier alpha value is -2.98. The van der Waals surface area contributed by atoms with E-state index in [0.29, 0.717) is 6.42 Å². The van der Waals surface area contributed by atoms with Crippen molar-refractivity contribution in [2.24, 2.45) is 0 Å². The number of hydrogen-bond donors (Lipinski definition) is 0. The maximum Gasteiger partial charge on any atom is 0.303 e. The van der Waals surface area contributed by atoms with Crippen LogP contribution in [0.5, 0.6) is 0 Å². The number of rotatable bonds is 3. The molecule has 1 aliphatic carbocycles. The summed E-state index contributed by atoms with van der Waals surface area (Å²) in [6.45, 7) is 1.47. The highest BCUT2D eigenvalue weighted by molar-refractivity contribution is 5.82. The van der Waals surface area contributed by atoms with E-state index in [1.54, 1.807) is 12.4 Å². The molecule has 0 amide bonds. The fourth-order valence-corrected chi connectivity index (χ4v) is 3.66. The summed E-state index contributed by atoms with van der Waals surface area (Å²) in [4.78, 5) is 16.1. The number of esters is 1. The molecular weight excluding hydrogens is 314 g/mol. The van der Waals surface area contributed by atoms with Crippen LogP contribution in [0, 0.1) is 0 Å². The van der Waals surface area contributed by atoms with Crippen molar-refractivity contribution >= 4 is 5.97 Å². The zero-order valence-electron chi connectivity index (χ0n) is 13.9. The zero-order valence-corrected chi connectivity index (χ0v) is 13.9. The van der Waals surface area contributed by atoms with Gasteiger partial charge in [0.1, 0.15) is 0 Å². The highest BCUT2D eigenvalue weighted by Crippen LogP contribution is 2.51. The van der Waals surface area contributed by atoms with Gasteiger partial charge in [-0.2, -0.15) is 0 Å². The number of aromatic nitrogens is 1. The number of carbonyl (C=O) groups is 1. The van der Waals surface area contributed by atoms with Gasteiger partial charge in [-0.05, 0) is 28.8 Å². The standard InChI is InChI=1S/C21H17NO2.H2O/c1-15(23)24-21(14-16-10-12-22-13-11-16)19-8-4-2-6-17(19)18-7-3-5-9-20(18)21;/h2-13H,14H2,1H3;1H2. The van der Waals surface area contributed by atoms with Crippen LogP contribution in [0.15, 0.2) is 73.1 Å². The molecule has 126 valence electrons. The first-order valence-electron chi connectivity index (χ1n) is 7.98. The Morgan fingerprint density at radius 1 is 0.920 bits per heavy atom. The van der Waals surface area contributed by atoms with Crippen LogP contribution in [0.2, 0.25) is 0 Å². The number of carbonyl (C=O) groups excluding carboxylic acids is 1. The summed E-state index contributed by atoms with van der Waals surface area (Å²) in [6, 6.07) is 20.3. The van der Waals surface area contributed by atoms with Crippen molar-refractivity contribution in [3.8, 4) is 11.1 Å². The summed E-state index contributed by atoms with van der Waals surface area (Å²) in [6.07, 6.45) is 4.12. The third-order valence-electron chi connectivity index (χ3n) is 4.53. The zero-order chi connectivity index (χ0) is 16.6. The molecule has 0 fully saturated rings. The van der Waals surface area contributed by atoms with Crippen LogP contribution in [-0.4, -0.2) is 16.4 Å². The minimum absolute atomic E-state index is 0. The molecule has 2 aromatic carbocycles. The van der Waals surface area contributed by atoms with Crippen molar-refractivity contribution in [2.75, 3.05) is 0 Å². The summed E-state index contributed by atoms with van der Waals surface area (Å²) < 4.78 is 6.00. The normalized spacial score (nSPS) is 13.3. The molecular formula is C21H19NO3. The Morgan fingerprint density at radius 3 is 1.96 bits per heavy atom. The maximum atomic E-state index is 12.0. The fourth-order valence-electron chi connectivity index (χ4n) is 3.66. The third kappa shape index (κ3) is 2.71. The van der Waals surface area contributed by atoms with Crippen molar-refractivity contribution in [3.63, 3.8) is 0 Å². The van der Waals surface area contributed by atoms with Crippen LogP contribution >= 0.6 is 0 Å². The Balaban J connectivity index is 0.00000182. The van der Waals surface area contributed by atoms with E-state index < -0.39 is 5.60 Å². The molecule has 0 aliphatic heterocycles. The maximum absolute atomic E-state index is 12.0.